The molecule has 0 amide bonds. The molecule has 0 fully saturated rings. The largest absolute Gasteiger partial charge is 0.414 e. The SMILES string of the molecule is CNCc1ccc(-c2nnc(-c3nc(-c4ccc(S(=O)(=O)C(C)C)cc4)cnc3N)o2)cc1Cl.[HH].[HH].[HH]. The maximum atomic E-state index is 12.4. The van der Waals surface area contributed by atoms with Crippen molar-refractivity contribution in [3.05, 3.63) is 59.2 Å². The van der Waals surface area contributed by atoms with Gasteiger partial charge in [-0.25, -0.2) is 18.4 Å². The number of halogens is 1. The summed E-state index contributed by atoms with van der Waals surface area (Å²) in [5.74, 6) is 0.499. The van der Waals surface area contributed by atoms with Crippen molar-refractivity contribution < 1.29 is 17.1 Å². The molecule has 0 atom stereocenters. The predicted molar refractivity (Wildman–Crippen MR) is 137 cm³/mol. The van der Waals surface area contributed by atoms with Crippen LogP contribution in [0.25, 0.3) is 34.3 Å². The molecule has 0 aliphatic carbocycles. The third kappa shape index (κ3) is 4.65. The minimum absolute atomic E-state index is 0. The normalized spacial score (nSPS) is 11.8. The van der Waals surface area contributed by atoms with E-state index < -0.39 is 15.1 Å². The second kappa shape index (κ2) is 9.49. The zero-order valence-corrected chi connectivity index (χ0v) is 20.4. The number of hydrogen-bond donors (Lipinski definition) is 2. The molecule has 3 N–H and O–H groups in total. The fraction of sp³-hybridized carbons (Fsp3) is 0.217. The molecule has 2 aromatic carbocycles. The van der Waals surface area contributed by atoms with Crippen LogP contribution in [0.15, 0.2) is 58.0 Å². The van der Waals surface area contributed by atoms with Gasteiger partial charge in [-0.05, 0) is 50.7 Å². The van der Waals surface area contributed by atoms with E-state index in [1.807, 2.05) is 19.2 Å². The summed E-state index contributed by atoms with van der Waals surface area (Å²) in [7, 11) is -1.53. The molecule has 0 saturated carbocycles. The lowest BCUT2D eigenvalue weighted by Crippen LogP contribution is -2.13. The van der Waals surface area contributed by atoms with Crippen molar-refractivity contribution in [3.63, 3.8) is 0 Å². The van der Waals surface area contributed by atoms with Crippen molar-refractivity contribution in [3.8, 4) is 34.3 Å². The first-order valence-corrected chi connectivity index (χ1v) is 12.4. The van der Waals surface area contributed by atoms with E-state index in [4.69, 9.17) is 21.8 Å². The molecule has 9 nitrogen and oxygen atoms in total. The minimum atomic E-state index is -3.37. The fourth-order valence-corrected chi connectivity index (χ4v) is 4.54. The Balaban J connectivity index is 0.00000228. The summed E-state index contributed by atoms with van der Waals surface area (Å²) < 4.78 is 30.6. The Morgan fingerprint density at radius 3 is 2.41 bits per heavy atom. The highest BCUT2D eigenvalue weighted by atomic mass is 35.5. The first-order chi connectivity index (χ1) is 16.2. The van der Waals surface area contributed by atoms with Crippen molar-refractivity contribution in [2.24, 2.45) is 0 Å². The van der Waals surface area contributed by atoms with E-state index in [2.05, 4.69) is 25.5 Å². The molecule has 0 aliphatic rings. The lowest BCUT2D eigenvalue weighted by Gasteiger charge is -2.09. The summed E-state index contributed by atoms with van der Waals surface area (Å²) in [6.45, 7) is 3.92. The third-order valence-electron chi connectivity index (χ3n) is 5.19. The molecule has 2 heterocycles. The van der Waals surface area contributed by atoms with E-state index in [0.29, 0.717) is 28.4 Å². The van der Waals surface area contributed by atoms with E-state index in [-0.39, 0.29) is 32.5 Å². The monoisotopic (exact) mass is 504 g/mol. The molecule has 0 saturated heterocycles. The van der Waals surface area contributed by atoms with Crippen molar-refractivity contribution in [1.82, 2.24) is 25.5 Å². The molecule has 0 aliphatic heterocycles. The van der Waals surface area contributed by atoms with E-state index in [0.717, 1.165) is 5.56 Å². The molecule has 0 bridgehead atoms. The van der Waals surface area contributed by atoms with Gasteiger partial charge < -0.3 is 15.5 Å². The summed E-state index contributed by atoms with van der Waals surface area (Å²) in [6, 6.07) is 11.9. The van der Waals surface area contributed by atoms with Crippen LogP contribution in [0.5, 0.6) is 0 Å². The van der Waals surface area contributed by atoms with E-state index in [9.17, 15) is 8.42 Å². The van der Waals surface area contributed by atoms with Gasteiger partial charge in [0.25, 0.3) is 5.89 Å². The van der Waals surface area contributed by atoms with Crippen LogP contribution < -0.4 is 11.1 Å². The van der Waals surface area contributed by atoms with Gasteiger partial charge >= 0.3 is 0 Å². The Labute approximate surface area is 206 Å². The third-order valence-corrected chi connectivity index (χ3v) is 7.72. The molecule has 0 spiro atoms. The number of nitrogen functional groups attached to an aromatic ring is 1. The van der Waals surface area contributed by atoms with Crippen LogP contribution in [-0.4, -0.2) is 40.9 Å². The summed E-state index contributed by atoms with van der Waals surface area (Å²) in [6.07, 6.45) is 1.50. The van der Waals surface area contributed by atoms with Crippen molar-refractivity contribution in [2.45, 2.75) is 30.5 Å². The Kier molecular flexibility index (Phi) is 6.65. The number of nitrogens with one attached hydrogen (secondary N) is 1. The number of rotatable bonds is 7. The molecule has 2 aromatic heterocycles. The van der Waals surface area contributed by atoms with Crippen LogP contribution in [0.4, 0.5) is 5.82 Å². The average molecular weight is 505 g/mol. The van der Waals surface area contributed by atoms with Crippen LogP contribution in [0.3, 0.4) is 0 Å². The van der Waals surface area contributed by atoms with Crippen molar-refractivity contribution in [2.75, 3.05) is 12.8 Å². The molecule has 11 heteroatoms. The Morgan fingerprint density at radius 1 is 1.09 bits per heavy atom. The van der Waals surface area contributed by atoms with Gasteiger partial charge in [0.1, 0.15) is 0 Å². The quantitative estimate of drug-likeness (QED) is 0.365. The molecule has 34 heavy (non-hydrogen) atoms. The minimum Gasteiger partial charge on any atom is -0.414 e. The zero-order valence-electron chi connectivity index (χ0n) is 18.8. The number of sulfone groups is 1. The van der Waals surface area contributed by atoms with Crippen molar-refractivity contribution >= 4 is 27.3 Å². The van der Waals surface area contributed by atoms with Gasteiger partial charge in [0.2, 0.25) is 5.89 Å². The van der Waals surface area contributed by atoms with Crippen LogP contribution in [0.2, 0.25) is 5.02 Å². The van der Waals surface area contributed by atoms with Gasteiger partial charge in [0.15, 0.2) is 21.3 Å². The summed E-state index contributed by atoms with van der Waals surface area (Å²) in [5.41, 5.74) is 9.02. The highest BCUT2D eigenvalue weighted by molar-refractivity contribution is 7.92. The number of aromatic nitrogens is 4. The summed E-state index contributed by atoms with van der Waals surface area (Å²) in [4.78, 5) is 8.98. The Morgan fingerprint density at radius 2 is 1.76 bits per heavy atom. The lowest BCUT2D eigenvalue weighted by molar-refractivity contribution is 0.582. The summed E-state index contributed by atoms with van der Waals surface area (Å²) in [5, 5.41) is 11.3. The molecular weight excluding hydrogens is 476 g/mol. The van der Waals surface area contributed by atoms with Gasteiger partial charge in [-0.15, -0.1) is 10.2 Å². The second-order valence-electron chi connectivity index (χ2n) is 7.86. The average Bonchev–Trinajstić information content (AvgIpc) is 3.31. The molecule has 4 rings (SSSR count). The van der Waals surface area contributed by atoms with Crippen molar-refractivity contribution in [1.29, 1.82) is 0 Å². The topological polar surface area (TPSA) is 137 Å². The van der Waals surface area contributed by atoms with Gasteiger partial charge in [0, 0.05) is 27.0 Å². The molecule has 0 unspecified atom stereocenters. The van der Waals surface area contributed by atoms with E-state index in [1.165, 1.54) is 6.20 Å². The summed E-state index contributed by atoms with van der Waals surface area (Å²) >= 11 is 6.34. The van der Waals surface area contributed by atoms with Gasteiger partial charge in [0.05, 0.1) is 22.0 Å². The van der Waals surface area contributed by atoms with Crippen LogP contribution in [0, 0.1) is 0 Å². The highest BCUT2D eigenvalue weighted by Gasteiger charge is 2.20. The molecule has 0 radical (unpaired) electrons. The van der Waals surface area contributed by atoms with Gasteiger partial charge in [-0.2, -0.15) is 0 Å². The first kappa shape index (κ1) is 23.8. The standard InChI is InChI=1S/C23H23ClN6O3S.3H2/c1-13(2)34(31,32)17-8-6-14(7-9-17)19-12-27-21(25)20(28-19)23-30-29-22(33-23)15-4-5-16(11-26-3)18(24)10-15;;;/h4-10,12-13,26H,11H2,1-3H3,(H2,25,27);3*1H. The number of anilines is 1. The molecule has 4 aromatic rings. The number of nitrogens with two attached hydrogens (primary N) is 1. The van der Waals surface area contributed by atoms with Crippen LogP contribution >= 0.6 is 11.6 Å². The predicted octanol–water partition coefficient (Wildman–Crippen LogP) is 4.74. The Bertz CT molecular complexity index is 1450. The molecular formula is C23H29ClN6O3S. The first-order valence-electron chi connectivity index (χ1n) is 10.4. The lowest BCUT2D eigenvalue weighted by atomic mass is 10.1. The van der Waals surface area contributed by atoms with E-state index in [1.54, 1.807) is 44.2 Å². The van der Waals surface area contributed by atoms with E-state index >= 15 is 0 Å². The number of nitrogens with zero attached hydrogens (tertiary/aromatic N) is 4. The van der Waals surface area contributed by atoms with Gasteiger partial charge in [-0.3, -0.25) is 0 Å². The highest BCUT2D eigenvalue weighted by Crippen LogP contribution is 2.30. The Hall–Kier alpha value is -3.34. The molecule has 182 valence electrons. The fourth-order valence-electron chi connectivity index (χ4n) is 3.23. The number of hydrogen-bond acceptors (Lipinski definition) is 9. The maximum absolute atomic E-state index is 12.4. The zero-order chi connectivity index (χ0) is 24.5. The van der Waals surface area contributed by atoms with Crippen LogP contribution in [0.1, 0.15) is 23.7 Å². The number of benzene rings is 2. The second-order valence-corrected chi connectivity index (χ2v) is 10.8. The van der Waals surface area contributed by atoms with Gasteiger partial charge in [-0.1, -0.05) is 29.8 Å². The smallest absolute Gasteiger partial charge is 0.270 e. The van der Waals surface area contributed by atoms with Crippen LogP contribution in [-0.2, 0) is 16.4 Å². The maximum Gasteiger partial charge on any atom is 0.270 e.